The third-order valence-electron chi connectivity index (χ3n) is 4.21. The summed E-state index contributed by atoms with van der Waals surface area (Å²) in [5.74, 6) is 0.641. The second-order valence-electron chi connectivity index (χ2n) is 6.25. The van der Waals surface area contributed by atoms with Crippen molar-refractivity contribution in [3.05, 3.63) is 90.0 Å². The third kappa shape index (κ3) is 5.62. The van der Waals surface area contributed by atoms with Crippen molar-refractivity contribution in [3.8, 4) is 5.75 Å². The Morgan fingerprint density at radius 1 is 1.00 bits per heavy atom. The van der Waals surface area contributed by atoms with Crippen molar-refractivity contribution in [3.63, 3.8) is 0 Å². The van der Waals surface area contributed by atoms with Crippen molar-refractivity contribution >= 4 is 5.91 Å². The second kappa shape index (κ2) is 10.2. The fourth-order valence-electron chi connectivity index (χ4n) is 2.83. The lowest BCUT2D eigenvalue weighted by molar-refractivity contribution is -0.123. The number of ether oxygens (including phenoxy) is 1. The summed E-state index contributed by atoms with van der Waals surface area (Å²) in [6, 6.07) is 14.7. The van der Waals surface area contributed by atoms with Gasteiger partial charge in [-0.1, -0.05) is 18.2 Å². The SMILES string of the molecule is CCOc1cccc(C(NCc2ccncc2)C(=O)NCc2cccnc2)c1. The van der Waals surface area contributed by atoms with Crippen LogP contribution in [0.15, 0.2) is 73.3 Å². The molecule has 2 N–H and O–H groups in total. The molecule has 0 aliphatic rings. The molecule has 2 heterocycles. The molecule has 1 aromatic carbocycles. The number of amides is 1. The molecule has 6 nitrogen and oxygen atoms in total. The predicted octanol–water partition coefficient (Wildman–Crippen LogP) is 3.02. The van der Waals surface area contributed by atoms with E-state index >= 15 is 0 Å². The summed E-state index contributed by atoms with van der Waals surface area (Å²) in [6.07, 6.45) is 6.94. The number of carbonyl (C=O) groups excluding carboxylic acids is 1. The summed E-state index contributed by atoms with van der Waals surface area (Å²) in [4.78, 5) is 21.1. The van der Waals surface area contributed by atoms with Gasteiger partial charge in [-0.2, -0.15) is 0 Å². The van der Waals surface area contributed by atoms with Crippen molar-refractivity contribution in [2.45, 2.75) is 26.1 Å². The van der Waals surface area contributed by atoms with Crippen molar-refractivity contribution in [2.75, 3.05) is 6.61 Å². The van der Waals surface area contributed by atoms with Crippen LogP contribution < -0.4 is 15.4 Å². The van der Waals surface area contributed by atoms with Crippen molar-refractivity contribution < 1.29 is 9.53 Å². The number of carbonyl (C=O) groups is 1. The van der Waals surface area contributed by atoms with E-state index in [1.165, 1.54) is 0 Å². The highest BCUT2D eigenvalue weighted by Gasteiger charge is 2.20. The molecule has 1 amide bonds. The Kier molecular flexibility index (Phi) is 7.09. The standard InChI is InChI=1S/C22H24N4O2/c1-2-28-20-7-3-6-19(13-20)21(25-15-17-8-11-23-12-9-17)22(27)26-16-18-5-4-10-24-14-18/h3-14,21,25H,2,15-16H2,1H3,(H,26,27). The Labute approximate surface area is 165 Å². The van der Waals surface area contributed by atoms with E-state index in [9.17, 15) is 4.79 Å². The Morgan fingerprint density at radius 3 is 2.61 bits per heavy atom. The van der Waals surface area contributed by atoms with Crippen LogP contribution in [0.5, 0.6) is 5.75 Å². The van der Waals surface area contributed by atoms with E-state index in [0.29, 0.717) is 19.7 Å². The number of pyridine rings is 2. The van der Waals surface area contributed by atoms with Gasteiger partial charge in [0.15, 0.2) is 0 Å². The molecule has 0 saturated carbocycles. The van der Waals surface area contributed by atoms with Crippen LogP contribution in [-0.4, -0.2) is 22.5 Å². The van der Waals surface area contributed by atoms with Crippen LogP contribution >= 0.6 is 0 Å². The van der Waals surface area contributed by atoms with Crippen LogP contribution in [0.25, 0.3) is 0 Å². The van der Waals surface area contributed by atoms with Gasteiger partial charge in [-0.15, -0.1) is 0 Å². The van der Waals surface area contributed by atoms with Crippen molar-refractivity contribution in [1.82, 2.24) is 20.6 Å². The summed E-state index contributed by atoms with van der Waals surface area (Å²) in [7, 11) is 0. The maximum Gasteiger partial charge on any atom is 0.242 e. The maximum absolute atomic E-state index is 13.0. The molecule has 2 aromatic heterocycles. The smallest absolute Gasteiger partial charge is 0.242 e. The lowest BCUT2D eigenvalue weighted by atomic mass is 10.0. The normalized spacial score (nSPS) is 11.6. The number of nitrogens with one attached hydrogen (secondary N) is 2. The van der Waals surface area contributed by atoms with Gasteiger partial charge in [0.05, 0.1) is 6.61 Å². The molecule has 28 heavy (non-hydrogen) atoms. The van der Waals surface area contributed by atoms with E-state index < -0.39 is 6.04 Å². The first-order chi connectivity index (χ1) is 13.8. The molecule has 0 saturated heterocycles. The van der Waals surface area contributed by atoms with Gasteiger partial charge in [0.1, 0.15) is 11.8 Å². The molecular formula is C22H24N4O2. The van der Waals surface area contributed by atoms with Gasteiger partial charge in [-0.25, -0.2) is 0 Å². The minimum Gasteiger partial charge on any atom is -0.494 e. The van der Waals surface area contributed by atoms with E-state index in [-0.39, 0.29) is 5.91 Å². The zero-order valence-electron chi connectivity index (χ0n) is 15.8. The molecule has 6 heteroatoms. The number of nitrogens with zero attached hydrogens (tertiary/aromatic N) is 2. The number of hydrogen-bond acceptors (Lipinski definition) is 5. The molecule has 3 aromatic rings. The van der Waals surface area contributed by atoms with Crippen molar-refractivity contribution in [1.29, 1.82) is 0 Å². The largest absolute Gasteiger partial charge is 0.494 e. The van der Waals surface area contributed by atoms with Crippen LogP contribution in [0.3, 0.4) is 0 Å². The maximum atomic E-state index is 13.0. The summed E-state index contributed by atoms with van der Waals surface area (Å²) in [5, 5.41) is 6.34. The second-order valence-corrected chi connectivity index (χ2v) is 6.25. The summed E-state index contributed by atoms with van der Waals surface area (Å²) < 4.78 is 5.59. The van der Waals surface area contributed by atoms with Gasteiger partial charge < -0.3 is 10.1 Å². The molecule has 0 spiro atoms. The summed E-state index contributed by atoms with van der Waals surface area (Å²) in [5.41, 5.74) is 2.86. The number of hydrogen-bond donors (Lipinski definition) is 2. The molecule has 0 radical (unpaired) electrons. The fraction of sp³-hybridized carbons (Fsp3) is 0.227. The quantitative estimate of drug-likeness (QED) is 0.600. The molecule has 1 atom stereocenters. The van der Waals surface area contributed by atoms with Crippen molar-refractivity contribution in [2.24, 2.45) is 0 Å². The highest BCUT2D eigenvalue weighted by atomic mass is 16.5. The van der Waals surface area contributed by atoms with Gasteiger partial charge in [0, 0.05) is 37.9 Å². The molecule has 0 aliphatic carbocycles. The topological polar surface area (TPSA) is 76.1 Å². The van der Waals surface area contributed by atoms with E-state index in [4.69, 9.17) is 4.74 Å². The Balaban J connectivity index is 1.74. The summed E-state index contributed by atoms with van der Waals surface area (Å²) in [6.45, 7) is 3.48. The van der Waals surface area contributed by atoms with Crippen LogP contribution in [0.2, 0.25) is 0 Å². The number of benzene rings is 1. The molecule has 3 rings (SSSR count). The van der Waals surface area contributed by atoms with Crippen LogP contribution in [0, 0.1) is 0 Å². The zero-order valence-corrected chi connectivity index (χ0v) is 15.8. The minimum absolute atomic E-state index is 0.105. The lowest BCUT2D eigenvalue weighted by Gasteiger charge is -2.20. The van der Waals surface area contributed by atoms with Gasteiger partial charge in [-0.3, -0.25) is 20.1 Å². The first-order valence-electron chi connectivity index (χ1n) is 9.28. The van der Waals surface area contributed by atoms with Gasteiger partial charge in [-0.05, 0) is 53.9 Å². The average molecular weight is 376 g/mol. The molecular weight excluding hydrogens is 352 g/mol. The van der Waals surface area contributed by atoms with E-state index in [1.807, 2.05) is 55.5 Å². The van der Waals surface area contributed by atoms with E-state index in [2.05, 4.69) is 20.6 Å². The monoisotopic (exact) mass is 376 g/mol. The first-order valence-corrected chi connectivity index (χ1v) is 9.28. The zero-order chi connectivity index (χ0) is 19.6. The summed E-state index contributed by atoms with van der Waals surface area (Å²) >= 11 is 0. The highest BCUT2D eigenvalue weighted by molar-refractivity contribution is 5.83. The minimum atomic E-state index is -0.509. The number of rotatable bonds is 9. The van der Waals surface area contributed by atoms with Gasteiger partial charge >= 0.3 is 0 Å². The first kappa shape index (κ1) is 19.5. The third-order valence-corrected chi connectivity index (χ3v) is 4.21. The lowest BCUT2D eigenvalue weighted by Crippen LogP contribution is -2.37. The molecule has 0 aliphatic heterocycles. The fourth-order valence-corrected chi connectivity index (χ4v) is 2.83. The van der Waals surface area contributed by atoms with Gasteiger partial charge in [0.25, 0.3) is 0 Å². The average Bonchev–Trinajstić information content (AvgIpc) is 2.74. The van der Waals surface area contributed by atoms with Crippen LogP contribution in [0.1, 0.15) is 29.7 Å². The van der Waals surface area contributed by atoms with Crippen LogP contribution in [-0.2, 0) is 17.9 Å². The highest BCUT2D eigenvalue weighted by Crippen LogP contribution is 2.20. The molecule has 1 unspecified atom stereocenters. The van der Waals surface area contributed by atoms with E-state index in [0.717, 1.165) is 22.4 Å². The Morgan fingerprint density at radius 2 is 1.86 bits per heavy atom. The molecule has 0 bridgehead atoms. The molecule has 0 fully saturated rings. The van der Waals surface area contributed by atoms with Gasteiger partial charge in [0.2, 0.25) is 5.91 Å². The Bertz CT molecular complexity index is 872. The van der Waals surface area contributed by atoms with Crippen LogP contribution in [0.4, 0.5) is 0 Å². The molecule has 144 valence electrons. The predicted molar refractivity (Wildman–Crippen MR) is 108 cm³/mol. The number of aromatic nitrogens is 2. The Hall–Kier alpha value is -3.25. The van der Waals surface area contributed by atoms with E-state index in [1.54, 1.807) is 24.8 Å².